The molecule has 0 aliphatic heterocycles. The normalized spacial score (nSPS) is 10.2. The Labute approximate surface area is 144 Å². The molecule has 0 saturated heterocycles. The number of nitrogens with zero attached hydrogens (tertiary/aromatic N) is 2. The van der Waals surface area contributed by atoms with Crippen molar-refractivity contribution in [2.24, 2.45) is 0 Å². The molecule has 2 rings (SSSR count). The van der Waals surface area contributed by atoms with Gasteiger partial charge in [-0.05, 0) is 12.1 Å². The van der Waals surface area contributed by atoms with Gasteiger partial charge >= 0.3 is 5.97 Å². The van der Waals surface area contributed by atoms with Crippen molar-refractivity contribution < 1.29 is 19.0 Å². The first kappa shape index (κ1) is 17.8. The molecule has 0 aliphatic rings. The fraction of sp³-hybridized carbons (Fsp3) is 0.312. The van der Waals surface area contributed by atoms with E-state index in [2.05, 4.69) is 20.0 Å². The maximum atomic E-state index is 11.5. The summed E-state index contributed by atoms with van der Waals surface area (Å²) in [6, 6.07) is 5.51. The van der Waals surface area contributed by atoms with Crippen LogP contribution in [0.3, 0.4) is 0 Å². The smallest absolute Gasteiger partial charge is 0.310 e. The van der Waals surface area contributed by atoms with Crippen molar-refractivity contribution in [1.29, 1.82) is 0 Å². The van der Waals surface area contributed by atoms with E-state index in [0.29, 0.717) is 29.4 Å². The summed E-state index contributed by atoms with van der Waals surface area (Å²) in [7, 11) is 4.49. The van der Waals surface area contributed by atoms with Gasteiger partial charge in [0.05, 0.1) is 27.8 Å². The molecule has 0 atom stereocenters. The van der Waals surface area contributed by atoms with Crippen LogP contribution >= 0.6 is 11.6 Å². The number of carbonyl (C=O) groups is 1. The van der Waals surface area contributed by atoms with Gasteiger partial charge in [0.2, 0.25) is 0 Å². The number of aromatic nitrogens is 2. The molecule has 1 N–H and O–H groups in total. The average Bonchev–Trinajstić information content (AvgIpc) is 2.61. The van der Waals surface area contributed by atoms with Crippen LogP contribution in [-0.2, 0) is 22.5 Å². The van der Waals surface area contributed by atoms with Gasteiger partial charge in [-0.2, -0.15) is 0 Å². The molecular weight excluding hydrogens is 334 g/mol. The number of rotatable bonds is 7. The van der Waals surface area contributed by atoms with Crippen LogP contribution in [-0.4, -0.2) is 37.3 Å². The minimum atomic E-state index is -0.420. The van der Waals surface area contributed by atoms with Gasteiger partial charge in [0, 0.05) is 23.7 Å². The lowest BCUT2D eigenvalue weighted by molar-refractivity contribution is -0.139. The van der Waals surface area contributed by atoms with Crippen molar-refractivity contribution in [3.63, 3.8) is 0 Å². The Morgan fingerprint density at radius 3 is 2.67 bits per heavy atom. The SMILES string of the molecule is COC(=O)Cc1c(Cl)ncnc1NCc1ccc(OC)cc1OC. The highest BCUT2D eigenvalue weighted by Crippen LogP contribution is 2.26. The van der Waals surface area contributed by atoms with Crippen LogP contribution in [0, 0.1) is 0 Å². The van der Waals surface area contributed by atoms with E-state index in [1.54, 1.807) is 20.3 Å². The number of halogens is 1. The molecule has 0 unspecified atom stereocenters. The molecule has 8 heteroatoms. The lowest BCUT2D eigenvalue weighted by Gasteiger charge is -2.14. The van der Waals surface area contributed by atoms with Crippen molar-refractivity contribution in [2.75, 3.05) is 26.6 Å². The molecule has 2 aromatic rings. The number of benzene rings is 1. The number of methoxy groups -OCH3 is 3. The van der Waals surface area contributed by atoms with Crippen molar-refractivity contribution >= 4 is 23.4 Å². The van der Waals surface area contributed by atoms with Crippen molar-refractivity contribution in [3.8, 4) is 11.5 Å². The molecule has 128 valence electrons. The number of nitrogens with one attached hydrogen (secondary N) is 1. The van der Waals surface area contributed by atoms with Crippen LogP contribution in [0.1, 0.15) is 11.1 Å². The first-order valence-corrected chi connectivity index (χ1v) is 7.47. The van der Waals surface area contributed by atoms with E-state index >= 15 is 0 Å². The highest BCUT2D eigenvalue weighted by molar-refractivity contribution is 6.30. The van der Waals surface area contributed by atoms with E-state index < -0.39 is 5.97 Å². The number of carbonyl (C=O) groups excluding carboxylic acids is 1. The van der Waals surface area contributed by atoms with E-state index in [0.717, 1.165) is 5.56 Å². The average molecular weight is 352 g/mol. The maximum absolute atomic E-state index is 11.5. The molecule has 0 fully saturated rings. The number of ether oxygens (including phenoxy) is 3. The van der Waals surface area contributed by atoms with Crippen LogP contribution in [0.25, 0.3) is 0 Å². The summed E-state index contributed by atoms with van der Waals surface area (Å²) in [6.45, 7) is 0.425. The third-order valence-corrected chi connectivity index (χ3v) is 3.71. The van der Waals surface area contributed by atoms with Crippen LogP contribution in [0.4, 0.5) is 5.82 Å². The lowest BCUT2D eigenvalue weighted by Crippen LogP contribution is -2.11. The number of hydrogen-bond donors (Lipinski definition) is 1. The fourth-order valence-electron chi connectivity index (χ4n) is 2.09. The monoisotopic (exact) mass is 351 g/mol. The summed E-state index contributed by atoms with van der Waals surface area (Å²) < 4.78 is 15.2. The third kappa shape index (κ3) is 4.26. The van der Waals surface area contributed by atoms with Gasteiger partial charge in [0.1, 0.15) is 28.8 Å². The molecule has 0 amide bonds. The minimum absolute atomic E-state index is 0.0156. The Morgan fingerprint density at radius 1 is 1.21 bits per heavy atom. The maximum Gasteiger partial charge on any atom is 0.310 e. The summed E-state index contributed by atoms with van der Waals surface area (Å²) in [5.41, 5.74) is 1.38. The first-order valence-electron chi connectivity index (χ1n) is 7.10. The Hall–Kier alpha value is -2.54. The second kappa shape index (κ2) is 8.35. The van der Waals surface area contributed by atoms with Gasteiger partial charge in [0.25, 0.3) is 0 Å². The van der Waals surface area contributed by atoms with Crippen molar-refractivity contribution in [3.05, 3.63) is 40.8 Å². The largest absolute Gasteiger partial charge is 0.497 e. The van der Waals surface area contributed by atoms with Crippen LogP contribution in [0.2, 0.25) is 5.15 Å². The zero-order valence-electron chi connectivity index (χ0n) is 13.6. The highest BCUT2D eigenvalue weighted by atomic mass is 35.5. The quantitative estimate of drug-likeness (QED) is 0.606. The van der Waals surface area contributed by atoms with Gasteiger partial charge in [-0.3, -0.25) is 4.79 Å². The lowest BCUT2D eigenvalue weighted by atomic mass is 10.1. The zero-order valence-corrected chi connectivity index (χ0v) is 14.4. The Kier molecular flexibility index (Phi) is 6.20. The number of hydrogen-bond acceptors (Lipinski definition) is 7. The van der Waals surface area contributed by atoms with E-state index in [9.17, 15) is 4.79 Å². The molecule has 7 nitrogen and oxygen atoms in total. The summed E-state index contributed by atoms with van der Waals surface area (Å²) in [5.74, 6) is 1.43. The van der Waals surface area contributed by atoms with Gasteiger partial charge in [0.15, 0.2) is 0 Å². The van der Waals surface area contributed by atoms with Crippen molar-refractivity contribution in [2.45, 2.75) is 13.0 Å². The standard InChI is InChI=1S/C16H18ClN3O4/c1-22-11-5-4-10(13(6-11)23-2)8-18-16-12(7-14(21)24-3)15(17)19-9-20-16/h4-6,9H,7-8H2,1-3H3,(H,18,19,20). The zero-order chi connectivity index (χ0) is 17.5. The fourth-order valence-corrected chi connectivity index (χ4v) is 2.29. The predicted octanol–water partition coefficient (Wildman–Crippen LogP) is 2.47. The molecule has 0 bridgehead atoms. The Balaban J connectivity index is 2.20. The third-order valence-electron chi connectivity index (χ3n) is 3.38. The summed E-state index contributed by atoms with van der Waals surface area (Å²) in [5, 5.41) is 3.36. The molecule has 0 aliphatic carbocycles. The van der Waals surface area contributed by atoms with Gasteiger partial charge in [-0.15, -0.1) is 0 Å². The molecule has 1 aromatic carbocycles. The van der Waals surface area contributed by atoms with Gasteiger partial charge in [-0.25, -0.2) is 9.97 Å². The van der Waals surface area contributed by atoms with E-state index in [4.69, 9.17) is 21.1 Å². The molecule has 1 aromatic heterocycles. The molecule has 1 heterocycles. The minimum Gasteiger partial charge on any atom is -0.497 e. The number of anilines is 1. The second-order valence-electron chi connectivity index (χ2n) is 4.78. The van der Waals surface area contributed by atoms with Crippen LogP contribution < -0.4 is 14.8 Å². The summed E-state index contributed by atoms with van der Waals surface area (Å²) >= 11 is 6.07. The topological polar surface area (TPSA) is 82.6 Å². The van der Waals surface area contributed by atoms with E-state index in [1.807, 2.05) is 12.1 Å². The van der Waals surface area contributed by atoms with Crippen LogP contribution in [0.15, 0.2) is 24.5 Å². The Bertz CT molecular complexity index is 724. The predicted molar refractivity (Wildman–Crippen MR) is 89.6 cm³/mol. The molecule has 0 radical (unpaired) electrons. The van der Waals surface area contributed by atoms with Gasteiger partial charge < -0.3 is 19.5 Å². The molecule has 24 heavy (non-hydrogen) atoms. The van der Waals surface area contributed by atoms with E-state index in [1.165, 1.54) is 13.4 Å². The van der Waals surface area contributed by atoms with Gasteiger partial charge in [-0.1, -0.05) is 11.6 Å². The number of esters is 1. The summed E-state index contributed by atoms with van der Waals surface area (Å²) in [4.78, 5) is 19.6. The first-order chi connectivity index (χ1) is 11.6. The Morgan fingerprint density at radius 2 is 2.00 bits per heavy atom. The molecule has 0 saturated carbocycles. The second-order valence-corrected chi connectivity index (χ2v) is 5.13. The van der Waals surface area contributed by atoms with Crippen LogP contribution in [0.5, 0.6) is 11.5 Å². The van der Waals surface area contributed by atoms with Crippen molar-refractivity contribution in [1.82, 2.24) is 9.97 Å². The molecule has 0 spiro atoms. The highest BCUT2D eigenvalue weighted by Gasteiger charge is 2.15. The molecular formula is C16H18ClN3O4. The summed E-state index contributed by atoms with van der Waals surface area (Å²) in [6.07, 6.45) is 1.31. The van der Waals surface area contributed by atoms with E-state index in [-0.39, 0.29) is 11.6 Å².